The van der Waals surface area contributed by atoms with Crippen molar-refractivity contribution >= 4 is 49.1 Å². The molecule has 0 radical (unpaired) electrons. The molecule has 4 heterocycles. The largest absolute Gasteiger partial charge is 0.441 e. The van der Waals surface area contributed by atoms with Crippen LogP contribution in [0.2, 0.25) is 0 Å². The molecule has 0 unspecified atom stereocenters. The van der Waals surface area contributed by atoms with Gasteiger partial charge in [0.1, 0.15) is 5.60 Å². The Balaban J connectivity index is 1.52. The molecule has 2 aromatic rings. The van der Waals surface area contributed by atoms with Crippen LogP contribution < -0.4 is 4.90 Å². The molecule has 24 heavy (non-hydrogen) atoms. The van der Waals surface area contributed by atoms with E-state index in [0.29, 0.717) is 5.92 Å². The Hall–Kier alpha value is -1.11. The monoisotopic (exact) mass is 408 g/mol. The molecule has 128 valence electrons. The highest BCUT2D eigenvalue weighted by atomic mass is 79.9. The molecule has 3 aliphatic rings. The first-order chi connectivity index (χ1) is 11.4. The highest BCUT2D eigenvalue weighted by Crippen LogP contribution is 2.39. The lowest BCUT2D eigenvalue weighted by Gasteiger charge is -2.50. The summed E-state index contributed by atoms with van der Waals surface area (Å²) in [4.78, 5) is 16.7. The fraction of sp³-hybridized carbons (Fsp3) is 0.500. The molecule has 0 spiro atoms. The smallest absolute Gasteiger partial charge is 0.414 e. The van der Waals surface area contributed by atoms with Crippen LogP contribution in [0.1, 0.15) is 19.8 Å². The van der Waals surface area contributed by atoms with Crippen molar-refractivity contribution in [2.75, 3.05) is 31.6 Å². The number of ether oxygens (including phenoxy) is 1. The third kappa shape index (κ3) is 2.85. The van der Waals surface area contributed by atoms with E-state index in [2.05, 4.69) is 33.8 Å². The van der Waals surface area contributed by atoms with Crippen LogP contribution in [-0.2, 0) is 4.74 Å². The number of halogens is 1. The molecular weight excluding hydrogens is 388 g/mol. The number of hydrogen-bond acceptors (Lipinski definition) is 4. The van der Waals surface area contributed by atoms with Crippen molar-refractivity contribution in [2.24, 2.45) is 5.92 Å². The van der Waals surface area contributed by atoms with Gasteiger partial charge in [0, 0.05) is 29.9 Å². The van der Waals surface area contributed by atoms with Crippen LogP contribution in [0.4, 0.5) is 10.5 Å². The second-order valence-electron chi connectivity index (χ2n) is 7.06. The Morgan fingerprint density at radius 3 is 2.79 bits per heavy atom. The van der Waals surface area contributed by atoms with Gasteiger partial charge in [0.05, 0.1) is 3.79 Å². The van der Waals surface area contributed by atoms with Gasteiger partial charge < -0.3 is 4.74 Å². The van der Waals surface area contributed by atoms with Crippen molar-refractivity contribution < 1.29 is 9.53 Å². The molecule has 1 amide bonds. The molecule has 3 saturated heterocycles. The van der Waals surface area contributed by atoms with Gasteiger partial charge in [0.15, 0.2) is 0 Å². The van der Waals surface area contributed by atoms with E-state index in [9.17, 15) is 4.79 Å². The second-order valence-corrected chi connectivity index (χ2v) is 9.53. The van der Waals surface area contributed by atoms with E-state index in [-0.39, 0.29) is 11.7 Å². The molecule has 2 bridgehead atoms. The van der Waals surface area contributed by atoms with Crippen LogP contribution in [0.5, 0.6) is 0 Å². The van der Waals surface area contributed by atoms with Gasteiger partial charge in [-0.1, -0.05) is 6.07 Å². The first-order valence-electron chi connectivity index (χ1n) is 8.33. The summed E-state index contributed by atoms with van der Waals surface area (Å²) in [6.07, 6.45) is 1.99. The fourth-order valence-electron chi connectivity index (χ4n) is 3.96. The molecule has 0 saturated carbocycles. The van der Waals surface area contributed by atoms with Crippen molar-refractivity contribution in [3.63, 3.8) is 0 Å². The van der Waals surface area contributed by atoms with E-state index >= 15 is 0 Å². The fourth-order valence-corrected chi connectivity index (χ4v) is 5.55. The first kappa shape index (κ1) is 16.4. The predicted octanol–water partition coefficient (Wildman–Crippen LogP) is 4.72. The molecule has 3 fully saturated rings. The lowest BCUT2D eigenvalue weighted by molar-refractivity contribution is -0.101. The standard InChI is InChI=1S/C18H21BrN2O2S/c1-18(11-21-7-5-13(18)6-8-21)23-17(22)20(2)14-4-3-12-9-16(19)24-15(12)10-14/h3-4,9-10,13H,5-8,11H2,1-2H3/t18-/m0/s1. The van der Waals surface area contributed by atoms with Gasteiger partial charge in [-0.2, -0.15) is 0 Å². The Labute approximate surface area is 154 Å². The zero-order valence-electron chi connectivity index (χ0n) is 13.9. The number of piperidine rings is 3. The lowest BCUT2D eigenvalue weighted by atomic mass is 9.76. The molecule has 6 heteroatoms. The quantitative estimate of drug-likeness (QED) is 0.720. The van der Waals surface area contributed by atoms with Crippen LogP contribution in [0.3, 0.4) is 0 Å². The number of rotatable bonds is 2. The van der Waals surface area contributed by atoms with Crippen molar-refractivity contribution in [2.45, 2.75) is 25.4 Å². The molecule has 0 aliphatic carbocycles. The average molecular weight is 409 g/mol. The minimum Gasteiger partial charge on any atom is -0.441 e. The Morgan fingerprint density at radius 1 is 1.38 bits per heavy atom. The van der Waals surface area contributed by atoms with Gasteiger partial charge in [-0.3, -0.25) is 9.80 Å². The van der Waals surface area contributed by atoms with E-state index in [1.807, 2.05) is 18.2 Å². The molecule has 1 aromatic heterocycles. The van der Waals surface area contributed by atoms with Crippen LogP contribution in [-0.4, -0.2) is 43.3 Å². The Bertz CT molecular complexity index is 784. The van der Waals surface area contributed by atoms with Gasteiger partial charge in [-0.15, -0.1) is 11.3 Å². The number of amides is 1. The van der Waals surface area contributed by atoms with Crippen molar-refractivity contribution in [1.82, 2.24) is 4.90 Å². The van der Waals surface area contributed by atoms with Crippen molar-refractivity contribution in [3.05, 3.63) is 28.1 Å². The van der Waals surface area contributed by atoms with Gasteiger partial charge in [0.25, 0.3) is 0 Å². The van der Waals surface area contributed by atoms with Crippen molar-refractivity contribution in [1.29, 1.82) is 0 Å². The number of fused-ring (bicyclic) bond motifs is 4. The number of nitrogens with zero attached hydrogens (tertiary/aromatic N) is 2. The average Bonchev–Trinajstić information content (AvgIpc) is 2.93. The molecule has 4 nitrogen and oxygen atoms in total. The molecule has 1 atom stereocenters. The zero-order chi connectivity index (χ0) is 16.9. The Morgan fingerprint density at radius 2 is 2.12 bits per heavy atom. The predicted molar refractivity (Wildman–Crippen MR) is 102 cm³/mol. The second kappa shape index (κ2) is 6.00. The van der Waals surface area contributed by atoms with Gasteiger partial charge in [-0.05, 0) is 72.4 Å². The van der Waals surface area contributed by atoms with Crippen LogP contribution in [0.15, 0.2) is 28.1 Å². The number of carbonyl (C=O) groups is 1. The SMILES string of the molecule is CN(C(=O)O[C@@]1(C)CN2CCC1CC2)c1ccc2cc(Br)sc2c1. The van der Waals surface area contributed by atoms with Crippen LogP contribution >= 0.6 is 27.3 Å². The summed E-state index contributed by atoms with van der Waals surface area (Å²) in [5, 5.41) is 1.18. The maximum absolute atomic E-state index is 12.7. The first-order valence-corrected chi connectivity index (χ1v) is 9.94. The number of anilines is 1. The van der Waals surface area contributed by atoms with Crippen LogP contribution in [0.25, 0.3) is 10.1 Å². The third-order valence-electron chi connectivity index (χ3n) is 5.44. The number of carbonyl (C=O) groups excluding carboxylic acids is 1. The minimum atomic E-state index is -0.363. The maximum atomic E-state index is 12.7. The van der Waals surface area contributed by atoms with E-state index in [1.165, 1.54) is 5.39 Å². The summed E-state index contributed by atoms with van der Waals surface area (Å²) >= 11 is 5.19. The van der Waals surface area contributed by atoms with Gasteiger partial charge in [0.2, 0.25) is 0 Å². The summed E-state index contributed by atoms with van der Waals surface area (Å²) in [7, 11) is 1.79. The summed E-state index contributed by atoms with van der Waals surface area (Å²) in [5.41, 5.74) is 0.504. The van der Waals surface area contributed by atoms with E-state index in [1.54, 1.807) is 23.3 Å². The summed E-state index contributed by atoms with van der Waals surface area (Å²) in [6, 6.07) is 8.16. The molecule has 0 N–H and O–H groups in total. The van der Waals surface area contributed by atoms with E-state index in [0.717, 1.165) is 46.6 Å². The third-order valence-corrected chi connectivity index (χ3v) is 7.04. The van der Waals surface area contributed by atoms with E-state index in [4.69, 9.17) is 4.74 Å². The number of hydrogen-bond donors (Lipinski definition) is 0. The Kier molecular flexibility index (Phi) is 4.09. The zero-order valence-corrected chi connectivity index (χ0v) is 16.3. The van der Waals surface area contributed by atoms with E-state index < -0.39 is 0 Å². The number of thiophene rings is 1. The van der Waals surface area contributed by atoms with Crippen molar-refractivity contribution in [3.8, 4) is 0 Å². The van der Waals surface area contributed by atoms with Gasteiger partial charge >= 0.3 is 6.09 Å². The highest BCUT2D eigenvalue weighted by molar-refractivity contribution is 9.11. The summed E-state index contributed by atoms with van der Waals surface area (Å²) in [5.74, 6) is 0.482. The van der Waals surface area contributed by atoms with Crippen LogP contribution in [0, 0.1) is 5.92 Å². The molecule has 5 rings (SSSR count). The molecular formula is C18H21BrN2O2S. The maximum Gasteiger partial charge on any atom is 0.414 e. The number of benzene rings is 1. The highest BCUT2D eigenvalue weighted by Gasteiger charge is 2.46. The lowest BCUT2D eigenvalue weighted by Crippen LogP contribution is -2.60. The summed E-state index contributed by atoms with van der Waals surface area (Å²) in [6.45, 7) is 5.22. The topological polar surface area (TPSA) is 32.8 Å². The normalized spacial score (nSPS) is 29.0. The minimum absolute atomic E-state index is 0.263. The van der Waals surface area contributed by atoms with Gasteiger partial charge in [-0.25, -0.2) is 4.79 Å². The molecule has 3 aliphatic heterocycles. The molecule has 1 aromatic carbocycles. The summed E-state index contributed by atoms with van der Waals surface area (Å²) < 4.78 is 8.24.